The van der Waals surface area contributed by atoms with Crippen molar-refractivity contribution in [3.05, 3.63) is 0 Å². The number of hydrogen-bond donors (Lipinski definition) is 0. The third-order valence-electron chi connectivity index (χ3n) is 1.24. The fourth-order valence-electron chi connectivity index (χ4n) is 0.520. The first-order valence-electron chi connectivity index (χ1n) is 4.33. The van der Waals surface area contributed by atoms with E-state index in [1.165, 1.54) is 0 Å². The highest BCUT2D eigenvalue weighted by molar-refractivity contribution is 8.76. The van der Waals surface area contributed by atoms with Gasteiger partial charge in [-0.1, -0.05) is 27.5 Å². The summed E-state index contributed by atoms with van der Waals surface area (Å²) in [5, 5.41) is 0. The Hall–Kier alpha value is -0.270. The molecule has 0 N–H and O–H groups in total. The zero-order chi connectivity index (χ0) is 11.0. The number of hydrogen-bond acceptors (Lipinski definition) is 4. The lowest BCUT2D eigenvalue weighted by atomic mass is 9.97. The smallest absolute Gasteiger partial charge is 0.311 e. The normalized spacial score (nSPS) is 10.7. The Kier molecular flexibility index (Phi) is 6.94. The van der Waals surface area contributed by atoms with Gasteiger partial charge in [-0.2, -0.15) is 0 Å². The highest BCUT2D eigenvalue weighted by Crippen LogP contribution is 2.20. The van der Waals surface area contributed by atoms with Crippen molar-refractivity contribution in [1.29, 1.82) is 0 Å². The van der Waals surface area contributed by atoms with Gasteiger partial charge in [-0.05, 0) is 20.8 Å². The van der Waals surface area contributed by atoms with E-state index in [1.807, 2.05) is 20.8 Å². The van der Waals surface area contributed by atoms with Crippen molar-refractivity contribution in [3.8, 4) is 12.3 Å². The van der Waals surface area contributed by atoms with Crippen LogP contribution in [0.4, 0.5) is 0 Å². The summed E-state index contributed by atoms with van der Waals surface area (Å²) in [4.78, 5) is 11.3. The summed E-state index contributed by atoms with van der Waals surface area (Å²) in [6.07, 6.45) is 5.08. The summed E-state index contributed by atoms with van der Waals surface area (Å²) in [6.45, 7) is 5.99. The molecule has 0 amide bonds. The molecular weight excluding hydrogens is 216 g/mol. The Morgan fingerprint density at radius 1 is 1.43 bits per heavy atom. The fraction of sp³-hybridized carbons (Fsp3) is 0.700. The number of terminal acetylenes is 1. The summed E-state index contributed by atoms with van der Waals surface area (Å²) in [5.74, 6) is 3.85. The average molecular weight is 232 g/mol. The molecule has 0 bridgehead atoms. The predicted octanol–water partition coefficient (Wildman–Crippen LogP) is 2.59. The van der Waals surface area contributed by atoms with Crippen LogP contribution in [0.25, 0.3) is 0 Å². The van der Waals surface area contributed by atoms with E-state index in [0.717, 1.165) is 5.75 Å². The van der Waals surface area contributed by atoms with Crippen LogP contribution in [0.5, 0.6) is 0 Å². The molecule has 0 aliphatic heterocycles. The second-order valence-electron chi connectivity index (χ2n) is 3.67. The second-order valence-corrected chi connectivity index (χ2v) is 6.26. The van der Waals surface area contributed by atoms with Gasteiger partial charge >= 0.3 is 5.97 Å². The van der Waals surface area contributed by atoms with Crippen LogP contribution in [-0.2, 0) is 9.53 Å². The Balaban J connectivity index is 3.38. The first kappa shape index (κ1) is 13.7. The lowest BCUT2D eigenvalue weighted by Crippen LogP contribution is -2.23. The molecule has 80 valence electrons. The Labute approximate surface area is 93.9 Å². The lowest BCUT2D eigenvalue weighted by molar-refractivity contribution is -0.152. The molecule has 0 aromatic heterocycles. The van der Waals surface area contributed by atoms with Crippen molar-refractivity contribution >= 4 is 27.6 Å². The topological polar surface area (TPSA) is 26.3 Å². The molecule has 0 aliphatic carbocycles. The Morgan fingerprint density at radius 2 is 2.07 bits per heavy atom. The zero-order valence-corrected chi connectivity index (χ0v) is 10.5. The van der Waals surface area contributed by atoms with Gasteiger partial charge in [0.05, 0.1) is 11.2 Å². The average Bonchev–Trinajstić information content (AvgIpc) is 2.09. The van der Waals surface area contributed by atoms with Crippen LogP contribution in [0.1, 0.15) is 20.8 Å². The summed E-state index contributed by atoms with van der Waals surface area (Å²) < 4.78 is 5.06. The first-order valence-corrected chi connectivity index (χ1v) is 6.82. The third kappa shape index (κ3) is 7.16. The molecule has 0 saturated carbocycles. The SMILES string of the molecule is C#CCSSCCOC(=O)C(C)(C)C. The van der Waals surface area contributed by atoms with E-state index in [0.29, 0.717) is 12.4 Å². The van der Waals surface area contributed by atoms with E-state index < -0.39 is 5.41 Å². The van der Waals surface area contributed by atoms with E-state index >= 15 is 0 Å². The standard InChI is InChI=1S/C10H16O2S2/c1-5-7-13-14-8-6-12-9(11)10(2,3)4/h1H,6-8H2,2-4H3. The summed E-state index contributed by atoms with van der Waals surface area (Å²) in [5.41, 5.74) is -0.406. The molecule has 14 heavy (non-hydrogen) atoms. The van der Waals surface area contributed by atoms with Gasteiger partial charge in [-0.25, -0.2) is 0 Å². The summed E-state index contributed by atoms with van der Waals surface area (Å²) in [6, 6.07) is 0. The van der Waals surface area contributed by atoms with E-state index in [-0.39, 0.29) is 5.97 Å². The van der Waals surface area contributed by atoms with Crippen molar-refractivity contribution in [3.63, 3.8) is 0 Å². The van der Waals surface area contributed by atoms with Gasteiger partial charge in [0.1, 0.15) is 6.61 Å². The largest absolute Gasteiger partial charge is 0.464 e. The molecule has 0 aliphatic rings. The predicted molar refractivity (Wildman–Crippen MR) is 64.2 cm³/mol. The molecule has 0 radical (unpaired) electrons. The van der Waals surface area contributed by atoms with E-state index in [9.17, 15) is 4.79 Å². The van der Waals surface area contributed by atoms with Crippen LogP contribution in [0, 0.1) is 17.8 Å². The number of rotatable bonds is 5. The maximum atomic E-state index is 11.3. The zero-order valence-electron chi connectivity index (χ0n) is 8.83. The van der Waals surface area contributed by atoms with Gasteiger partial charge in [-0.3, -0.25) is 4.79 Å². The summed E-state index contributed by atoms with van der Waals surface area (Å²) in [7, 11) is 3.23. The minimum Gasteiger partial charge on any atom is -0.464 e. The van der Waals surface area contributed by atoms with Crippen LogP contribution in [0.2, 0.25) is 0 Å². The van der Waals surface area contributed by atoms with Crippen molar-refractivity contribution < 1.29 is 9.53 Å². The third-order valence-corrected chi connectivity index (χ3v) is 3.38. The molecule has 0 saturated heterocycles. The molecular formula is C10H16O2S2. The maximum Gasteiger partial charge on any atom is 0.311 e. The Morgan fingerprint density at radius 3 is 2.57 bits per heavy atom. The fourth-order valence-corrected chi connectivity index (χ4v) is 1.95. The number of ether oxygens (including phenoxy) is 1. The first-order chi connectivity index (χ1) is 6.48. The highest BCUT2D eigenvalue weighted by Gasteiger charge is 2.22. The molecule has 0 fully saturated rings. The van der Waals surface area contributed by atoms with Crippen molar-refractivity contribution in [1.82, 2.24) is 0 Å². The second kappa shape index (κ2) is 7.08. The molecule has 0 unspecified atom stereocenters. The quantitative estimate of drug-likeness (QED) is 0.315. The van der Waals surface area contributed by atoms with Gasteiger partial charge in [0.15, 0.2) is 0 Å². The monoisotopic (exact) mass is 232 g/mol. The van der Waals surface area contributed by atoms with Crippen molar-refractivity contribution in [2.45, 2.75) is 20.8 Å². The van der Waals surface area contributed by atoms with Gasteiger partial charge in [-0.15, -0.1) is 6.42 Å². The van der Waals surface area contributed by atoms with E-state index in [4.69, 9.17) is 11.2 Å². The molecule has 0 rings (SSSR count). The van der Waals surface area contributed by atoms with Crippen LogP contribution in [0.15, 0.2) is 0 Å². The van der Waals surface area contributed by atoms with Crippen molar-refractivity contribution in [2.24, 2.45) is 5.41 Å². The summed E-state index contributed by atoms with van der Waals surface area (Å²) >= 11 is 0. The van der Waals surface area contributed by atoms with Gasteiger partial charge in [0, 0.05) is 5.75 Å². The number of carbonyl (C=O) groups is 1. The molecule has 0 spiro atoms. The minimum atomic E-state index is -0.406. The van der Waals surface area contributed by atoms with Gasteiger partial charge in [0.25, 0.3) is 0 Å². The van der Waals surface area contributed by atoms with Crippen LogP contribution < -0.4 is 0 Å². The number of carbonyl (C=O) groups excluding carboxylic acids is 1. The molecule has 4 heteroatoms. The Bertz CT molecular complexity index is 213. The van der Waals surface area contributed by atoms with Crippen LogP contribution in [-0.4, -0.2) is 24.1 Å². The van der Waals surface area contributed by atoms with Crippen LogP contribution in [0.3, 0.4) is 0 Å². The minimum absolute atomic E-state index is 0.153. The van der Waals surface area contributed by atoms with Crippen molar-refractivity contribution in [2.75, 3.05) is 18.1 Å². The molecule has 0 aromatic carbocycles. The number of esters is 1. The van der Waals surface area contributed by atoms with E-state index in [1.54, 1.807) is 21.6 Å². The van der Waals surface area contributed by atoms with Gasteiger partial charge < -0.3 is 4.74 Å². The molecule has 0 atom stereocenters. The van der Waals surface area contributed by atoms with E-state index in [2.05, 4.69) is 5.92 Å². The molecule has 0 heterocycles. The van der Waals surface area contributed by atoms with Gasteiger partial charge in [0.2, 0.25) is 0 Å². The van der Waals surface area contributed by atoms with Crippen LogP contribution >= 0.6 is 21.6 Å². The highest BCUT2D eigenvalue weighted by atomic mass is 33.1. The maximum absolute atomic E-state index is 11.3. The molecule has 2 nitrogen and oxygen atoms in total. The lowest BCUT2D eigenvalue weighted by Gasteiger charge is -2.16. The molecule has 0 aromatic rings.